The molecule has 0 aliphatic carbocycles. The van der Waals surface area contributed by atoms with Gasteiger partial charge in [-0.1, -0.05) is 18.2 Å². The molecule has 37 heavy (non-hydrogen) atoms. The second-order valence-corrected chi connectivity index (χ2v) is 9.58. The summed E-state index contributed by atoms with van der Waals surface area (Å²) in [6, 6.07) is 14.4. The first-order valence-electron chi connectivity index (χ1n) is 11.4. The summed E-state index contributed by atoms with van der Waals surface area (Å²) < 4.78 is 24.4. The average Bonchev–Trinajstić information content (AvgIpc) is 2.93. The minimum Gasteiger partial charge on any atom is -0.323 e. The average molecular weight is 527 g/mol. The van der Waals surface area contributed by atoms with Crippen molar-refractivity contribution in [3.05, 3.63) is 78.4 Å². The molecule has 9 nitrogen and oxygen atoms in total. The van der Waals surface area contributed by atoms with Crippen LogP contribution in [-0.2, 0) is 11.2 Å². The smallest absolute Gasteiger partial charge is 0.321 e. The highest BCUT2D eigenvalue weighted by molar-refractivity contribution is 8.00. The van der Waals surface area contributed by atoms with Crippen LogP contribution in [0.25, 0.3) is 11.1 Å². The maximum absolute atomic E-state index is 12.9. The minimum atomic E-state index is -3.23. The molecule has 1 saturated heterocycles. The van der Waals surface area contributed by atoms with Crippen LogP contribution in [0, 0.1) is 0 Å². The van der Waals surface area contributed by atoms with Crippen molar-refractivity contribution < 1.29 is 23.2 Å². The zero-order valence-electron chi connectivity index (χ0n) is 19.6. The number of halogens is 2. The lowest BCUT2D eigenvalue weighted by Gasteiger charge is -2.32. The molecular weight excluding hydrogens is 502 g/mol. The Morgan fingerprint density at radius 3 is 2.51 bits per heavy atom. The van der Waals surface area contributed by atoms with E-state index in [-0.39, 0.29) is 16.8 Å². The van der Waals surface area contributed by atoms with Gasteiger partial charge < -0.3 is 10.2 Å². The van der Waals surface area contributed by atoms with Crippen LogP contribution >= 0.6 is 11.8 Å². The van der Waals surface area contributed by atoms with E-state index in [1.165, 1.54) is 12.3 Å². The second kappa shape index (κ2) is 12.3. The lowest BCUT2D eigenvalue weighted by Crippen LogP contribution is -2.44. The van der Waals surface area contributed by atoms with Crippen LogP contribution in [0.3, 0.4) is 0 Å². The van der Waals surface area contributed by atoms with Crippen molar-refractivity contribution in [2.45, 2.75) is 18.1 Å². The number of anilines is 1. The first-order valence-corrected chi connectivity index (χ1v) is 12.4. The summed E-state index contributed by atoms with van der Waals surface area (Å²) in [5.74, 6) is -1.57. The first kappa shape index (κ1) is 26.0. The molecule has 1 fully saturated rings. The summed E-state index contributed by atoms with van der Waals surface area (Å²) in [4.78, 5) is 45.8. The van der Waals surface area contributed by atoms with Crippen molar-refractivity contribution in [1.29, 1.82) is 0 Å². The second-order valence-electron chi connectivity index (χ2n) is 8.17. The molecule has 2 aromatic heterocycles. The van der Waals surface area contributed by atoms with Gasteiger partial charge in [0.1, 0.15) is 0 Å². The third kappa shape index (κ3) is 7.23. The third-order valence-corrected chi connectivity index (χ3v) is 6.78. The predicted octanol–water partition coefficient (Wildman–Crippen LogP) is 3.36. The number of rotatable bonds is 6. The number of nitrogens with zero attached hydrogens (tertiary/aromatic N) is 3. The Bertz CT molecular complexity index is 1230. The number of urea groups is 1. The van der Waals surface area contributed by atoms with E-state index in [0.29, 0.717) is 25.2 Å². The molecule has 1 aliphatic heterocycles. The monoisotopic (exact) mass is 526 g/mol. The highest BCUT2D eigenvalue weighted by Gasteiger charge is 2.25. The number of pyridine rings is 2. The Morgan fingerprint density at radius 2 is 1.84 bits per heavy atom. The lowest BCUT2D eigenvalue weighted by atomic mass is 10.1. The number of thioether (sulfide) groups is 1. The summed E-state index contributed by atoms with van der Waals surface area (Å²) in [5.41, 5.74) is 7.10. The number of benzene rings is 1. The Morgan fingerprint density at radius 1 is 1.03 bits per heavy atom. The van der Waals surface area contributed by atoms with Crippen LogP contribution in [0.2, 0.25) is 0 Å². The van der Waals surface area contributed by atoms with Crippen molar-refractivity contribution in [2.75, 3.05) is 24.2 Å². The van der Waals surface area contributed by atoms with Crippen LogP contribution in [0.15, 0.2) is 67.1 Å². The largest absolute Gasteiger partial charge is 0.323 e. The molecule has 3 heterocycles. The minimum absolute atomic E-state index is 0.116. The summed E-state index contributed by atoms with van der Waals surface area (Å²) in [6.07, 6.45) is 2.17. The van der Waals surface area contributed by atoms with E-state index in [9.17, 15) is 23.2 Å². The van der Waals surface area contributed by atoms with Crippen molar-refractivity contribution in [3.8, 4) is 11.1 Å². The van der Waals surface area contributed by atoms with Gasteiger partial charge in [0, 0.05) is 60.5 Å². The molecule has 1 aromatic carbocycles. The molecule has 0 spiro atoms. The number of nitrogens with one attached hydrogen (secondary N) is 3. The lowest BCUT2D eigenvalue weighted by molar-refractivity contribution is -0.132. The quantitative estimate of drug-likeness (QED) is 0.424. The highest BCUT2D eigenvalue weighted by atomic mass is 32.2. The summed E-state index contributed by atoms with van der Waals surface area (Å²) in [5, 5.41) is 3.06. The molecule has 1 unspecified atom stereocenters. The Balaban J connectivity index is 1.28. The van der Waals surface area contributed by atoms with Crippen molar-refractivity contribution in [3.63, 3.8) is 0 Å². The Hall–Kier alpha value is -4.06. The molecule has 12 heteroatoms. The van der Waals surface area contributed by atoms with Crippen LogP contribution in [0.4, 0.5) is 19.3 Å². The molecule has 1 atom stereocenters. The molecule has 0 radical (unpaired) electrons. The molecule has 3 N–H and O–H groups in total. The molecule has 192 valence electrons. The Kier molecular flexibility index (Phi) is 8.62. The number of aromatic nitrogens is 2. The Labute approximate surface area is 216 Å². The standard InChI is InChI=1S/C25H24F2N6O3S/c26-22(27)24(35)32-31-23(34)18-5-8-20(29-14-18)12-21-15-33(10-11-37-21)25(36)30-19-6-3-16(4-7-19)17-2-1-9-28-13-17/h1-9,13-14,21-22H,10-12,15H2,(H,30,36)(H,31,34)(H,32,35). The first-order chi connectivity index (χ1) is 17.9. The molecule has 4 amide bonds. The number of hydrogen-bond donors (Lipinski definition) is 3. The van der Waals surface area contributed by atoms with Gasteiger partial charge in [-0.2, -0.15) is 20.5 Å². The summed E-state index contributed by atoms with van der Waals surface area (Å²) >= 11 is 1.74. The van der Waals surface area contributed by atoms with Gasteiger partial charge in [0.15, 0.2) is 0 Å². The highest BCUT2D eigenvalue weighted by Crippen LogP contribution is 2.24. The number of alkyl halides is 2. The van der Waals surface area contributed by atoms with Crippen LogP contribution in [0.1, 0.15) is 16.1 Å². The number of carbonyl (C=O) groups is 3. The number of carbonyl (C=O) groups excluding carboxylic acids is 3. The summed E-state index contributed by atoms with van der Waals surface area (Å²) in [6.45, 7) is 1.16. The fraction of sp³-hybridized carbons (Fsp3) is 0.240. The topological polar surface area (TPSA) is 116 Å². The van der Waals surface area contributed by atoms with Crippen LogP contribution < -0.4 is 16.2 Å². The van der Waals surface area contributed by atoms with Crippen molar-refractivity contribution >= 4 is 35.3 Å². The molecule has 1 aliphatic rings. The predicted molar refractivity (Wildman–Crippen MR) is 136 cm³/mol. The zero-order valence-corrected chi connectivity index (χ0v) is 20.4. The molecule has 3 aromatic rings. The van der Waals surface area contributed by atoms with E-state index >= 15 is 0 Å². The van der Waals surface area contributed by atoms with Gasteiger partial charge >= 0.3 is 18.4 Å². The van der Waals surface area contributed by atoms with Crippen molar-refractivity contribution in [1.82, 2.24) is 25.7 Å². The fourth-order valence-corrected chi connectivity index (χ4v) is 4.90. The van der Waals surface area contributed by atoms with E-state index in [0.717, 1.165) is 22.6 Å². The molecule has 4 rings (SSSR count). The normalized spacial score (nSPS) is 15.2. The van der Waals surface area contributed by atoms with Crippen molar-refractivity contribution in [2.24, 2.45) is 0 Å². The van der Waals surface area contributed by atoms with Gasteiger partial charge in [-0.15, -0.1) is 0 Å². The number of amides is 4. The van der Waals surface area contributed by atoms with Gasteiger partial charge in [-0.25, -0.2) is 4.79 Å². The van der Waals surface area contributed by atoms with E-state index in [1.807, 2.05) is 41.8 Å². The number of hydrogen-bond acceptors (Lipinski definition) is 6. The third-order valence-electron chi connectivity index (χ3n) is 5.58. The number of hydrazine groups is 1. The molecular formula is C25H24F2N6O3S. The van der Waals surface area contributed by atoms with E-state index in [1.54, 1.807) is 40.5 Å². The van der Waals surface area contributed by atoms with Gasteiger partial charge in [-0.05, 0) is 41.5 Å². The SMILES string of the molecule is O=C(NNC(=O)C(F)F)c1ccc(CC2CN(C(=O)Nc3ccc(-c4cccnc4)cc3)CCS2)nc1. The fourth-order valence-electron chi connectivity index (χ4n) is 3.67. The van der Waals surface area contributed by atoms with Gasteiger partial charge in [0.2, 0.25) is 0 Å². The van der Waals surface area contributed by atoms with Gasteiger partial charge in [0.25, 0.3) is 5.91 Å². The van der Waals surface area contributed by atoms with Crippen LogP contribution in [0.5, 0.6) is 0 Å². The molecule has 0 bridgehead atoms. The van der Waals surface area contributed by atoms with E-state index in [4.69, 9.17) is 0 Å². The molecule has 0 saturated carbocycles. The van der Waals surface area contributed by atoms with E-state index < -0.39 is 18.2 Å². The van der Waals surface area contributed by atoms with Gasteiger partial charge in [0.05, 0.1) is 5.56 Å². The van der Waals surface area contributed by atoms with Gasteiger partial charge in [-0.3, -0.25) is 30.4 Å². The van der Waals surface area contributed by atoms with Crippen LogP contribution in [-0.4, -0.2) is 63.2 Å². The van der Waals surface area contributed by atoms with E-state index in [2.05, 4.69) is 15.3 Å². The summed E-state index contributed by atoms with van der Waals surface area (Å²) in [7, 11) is 0. The maximum atomic E-state index is 12.9. The maximum Gasteiger partial charge on any atom is 0.321 e. The zero-order chi connectivity index (χ0) is 26.2.